The predicted molar refractivity (Wildman–Crippen MR) is 97.9 cm³/mol. The maximum Gasteiger partial charge on any atom is 0.416 e. The SMILES string of the molecule is CC(C)(C)OC(=O)N1CCN(C(=O)c2cc(I)cc(C(F)(F)F)c2)CC1. The van der Waals surface area contributed by atoms with E-state index < -0.39 is 29.3 Å². The minimum absolute atomic E-state index is 0.00468. The van der Waals surface area contributed by atoms with Gasteiger partial charge < -0.3 is 14.5 Å². The van der Waals surface area contributed by atoms with Crippen LogP contribution in [0.25, 0.3) is 0 Å². The number of ether oxygens (including phenoxy) is 1. The first-order valence-corrected chi connectivity index (χ1v) is 9.10. The predicted octanol–water partition coefficient (Wildman–Crippen LogP) is 4.00. The summed E-state index contributed by atoms with van der Waals surface area (Å²) in [5.74, 6) is -0.474. The van der Waals surface area contributed by atoms with E-state index in [-0.39, 0.29) is 31.7 Å². The van der Waals surface area contributed by atoms with Crippen LogP contribution in [0, 0.1) is 3.57 Å². The van der Waals surface area contributed by atoms with Crippen molar-refractivity contribution >= 4 is 34.6 Å². The lowest BCUT2D eigenvalue weighted by molar-refractivity contribution is -0.137. The minimum Gasteiger partial charge on any atom is -0.444 e. The molecule has 1 saturated heterocycles. The summed E-state index contributed by atoms with van der Waals surface area (Å²) < 4.78 is 44.5. The van der Waals surface area contributed by atoms with Crippen molar-refractivity contribution in [1.29, 1.82) is 0 Å². The smallest absolute Gasteiger partial charge is 0.416 e. The molecule has 2 amide bonds. The van der Waals surface area contributed by atoms with Crippen molar-refractivity contribution in [3.8, 4) is 0 Å². The van der Waals surface area contributed by atoms with Gasteiger partial charge >= 0.3 is 12.3 Å². The number of alkyl halides is 3. The molecule has 1 aliphatic rings. The van der Waals surface area contributed by atoms with Crippen LogP contribution in [-0.2, 0) is 10.9 Å². The highest BCUT2D eigenvalue weighted by atomic mass is 127. The molecule has 1 heterocycles. The largest absolute Gasteiger partial charge is 0.444 e. The van der Waals surface area contributed by atoms with Crippen molar-refractivity contribution in [3.63, 3.8) is 0 Å². The molecule has 5 nitrogen and oxygen atoms in total. The van der Waals surface area contributed by atoms with Crippen molar-refractivity contribution < 1.29 is 27.5 Å². The highest BCUT2D eigenvalue weighted by molar-refractivity contribution is 14.1. The van der Waals surface area contributed by atoms with E-state index in [0.29, 0.717) is 3.57 Å². The lowest BCUT2D eigenvalue weighted by Crippen LogP contribution is -2.51. The average molecular weight is 484 g/mol. The zero-order chi connectivity index (χ0) is 19.7. The van der Waals surface area contributed by atoms with Gasteiger partial charge in [-0.3, -0.25) is 4.79 Å². The Balaban J connectivity index is 2.05. The van der Waals surface area contributed by atoms with E-state index in [1.165, 1.54) is 15.9 Å². The average Bonchev–Trinajstić information content (AvgIpc) is 2.51. The van der Waals surface area contributed by atoms with E-state index in [4.69, 9.17) is 4.74 Å². The van der Waals surface area contributed by atoms with Gasteiger partial charge in [-0.2, -0.15) is 13.2 Å². The monoisotopic (exact) mass is 484 g/mol. The number of benzene rings is 1. The van der Waals surface area contributed by atoms with Crippen LogP contribution in [0.15, 0.2) is 18.2 Å². The van der Waals surface area contributed by atoms with Gasteiger partial charge in [0.05, 0.1) is 5.56 Å². The van der Waals surface area contributed by atoms with Crippen LogP contribution >= 0.6 is 22.6 Å². The van der Waals surface area contributed by atoms with Gasteiger partial charge in [-0.05, 0) is 61.6 Å². The Hall–Kier alpha value is -1.52. The van der Waals surface area contributed by atoms with Crippen LogP contribution in [0.3, 0.4) is 0 Å². The van der Waals surface area contributed by atoms with Crippen LogP contribution in [0.5, 0.6) is 0 Å². The topological polar surface area (TPSA) is 49.9 Å². The van der Waals surface area contributed by atoms with Gasteiger partial charge in [-0.15, -0.1) is 0 Å². The number of hydrogen-bond acceptors (Lipinski definition) is 3. The summed E-state index contributed by atoms with van der Waals surface area (Å²) in [5, 5.41) is 0. The maximum atomic E-state index is 12.9. The molecule has 1 aliphatic heterocycles. The van der Waals surface area contributed by atoms with Crippen LogP contribution in [0.2, 0.25) is 0 Å². The van der Waals surface area contributed by atoms with E-state index in [1.807, 2.05) is 0 Å². The number of hydrogen-bond donors (Lipinski definition) is 0. The van der Waals surface area contributed by atoms with E-state index in [9.17, 15) is 22.8 Å². The normalized spacial score (nSPS) is 15.8. The number of piperazine rings is 1. The number of carbonyl (C=O) groups is 2. The van der Waals surface area contributed by atoms with Gasteiger partial charge in [-0.1, -0.05) is 0 Å². The number of halogens is 4. The lowest BCUT2D eigenvalue weighted by Gasteiger charge is -2.35. The third-order valence-electron chi connectivity index (χ3n) is 3.69. The summed E-state index contributed by atoms with van der Waals surface area (Å²) in [6.45, 7) is 6.32. The maximum absolute atomic E-state index is 12.9. The molecule has 0 aromatic heterocycles. The van der Waals surface area contributed by atoms with E-state index >= 15 is 0 Å². The quantitative estimate of drug-likeness (QED) is 0.567. The minimum atomic E-state index is -4.51. The second kappa shape index (κ2) is 7.61. The summed E-state index contributed by atoms with van der Waals surface area (Å²) in [7, 11) is 0. The molecule has 26 heavy (non-hydrogen) atoms. The molecule has 0 N–H and O–H groups in total. The Labute approximate surface area is 163 Å². The van der Waals surface area contributed by atoms with Crippen molar-refractivity contribution in [1.82, 2.24) is 9.80 Å². The molecule has 0 unspecified atom stereocenters. The number of rotatable bonds is 1. The van der Waals surface area contributed by atoms with Crippen LogP contribution in [0.4, 0.5) is 18.0 Å². The molecular formula is C17H20F3IN2O3. The molecule has 1 aromatic rings. The van der Waals surface area contributed by atoms with Gasteiger partial charge in [0.15, 0.2) is 0 Å². The van der Waals surface area contributed by atoms with Gasteiger partial charge in [0.1, 0.15) is 5.60 Å². The molecule has 2 rings (SSSR count). The fraction of sp³-hybridized carbons (Fsp3) is 0.529. The molecule has 0 spiro atoms. The molecule has 1 fully saturated rings. The third-order valence-corrected chi connectivity index (χ3v) is 4.31. The standard InChI is InChI=1S/C17H20F3IN2O3/c1-16(2,3)26-15(25)23-6-4-22(5-7-23)14(24)11-8-12(17(18,19)20)10-13(21)9-11/h8-10H,4-7H2,1-3H3. The molecule has 0 radical (unpaired) electrons. The van der Waals surface area contributed by atoms with E-state index in [0.717, 1.165) is 12.1 Å². The van der Waals surface area contributed by atoms with Gasteiger partial charge in [-0.25, -0.2) is 4.79 Å². The van der Waals surface area contributed by atoms with E-state index in [1.54, 1.807) is 43.4 Å². The molecule has 0 atom stereocenters. The molecule has 0 aliphatic carbocycles. The molecule has 1 aromatic carbocycles. The van der Waals surface area contributed by atoms with Crippen molar-refractivity contribution in [2.45, 2.75) is 32.5 Å². The first kappa shape index (κ1) is 20.8. The van der Waals surface area contributed by atoms with Crippen LogP contribution < -0.4 is 0 Å². The lowest BCUT2D eigenvalue weighted by atomic mass is 10.1. The zero-order valence-electron chi connectivity index (χ0n) is 14.7. The molecular weight excluding hydrogens is 464 g/mol. The van der Waals surface area contributed by atoms with Crippen molar-refractivity contribution in [3.05, 3.63) is 32.9 Å². The van der Waals surface area contributed by atoms with Crippen LogP contribution in [0.1, 0.15) is 36.7 Å². The summed E-state index contributed by atoms with van der Waals surface area (Å²) in [6.07, 6.45) is -4.97. The summed E-state index contributed by atoms with van der Waals surface area (Å²) >= 11 is 1.76. The zero-order valence-corrected chi connectivity index (χ0v) is 16.8. The number of nitrogens with zero attached hydrogens (tertiary/aromatic N) is 2. The Kier molecular flexibility index (Phi) is 6.09. The van der Waals surface area contributed by atoms with Crippen molar-refractivity contribution in [2.75, 3.05) is 26.2 Å². The fourth-order valence-corrected chi connectivity index (χ4v) is 3.15. The van der Waals surface area contributed by atoms with Gasteiger partial charge in [0, 0.05) is 35.3 Å². The Morgan fingerprint density at radius 2 is 1.54 bits per heavy atom. The van der Waals surface area contributed by atoms with E-state index in [2.05, 4.69) is 0 Å². The summed E-state index contributed by atoms with van der Waals surface area (Å²) in [6, 6.07) is 3.29. The van der Waals surface area contributed by atoms with Gasteiger partial charge in [0.2, 0.25) is 0 Å². The molecule has 9 heteroatoms. The highest BCUT2D eigenvalue weighted by Crippen LogP contribution is 2.31. The molecule has 144 valence electrons. The molecule has 0 saturated carbocycles. The number of carbonyl (C=O) groups excluding carboxylic acids is 2. The Morgan fingerprint density at radius 1 is 1.00 bits per heavy atom. The van der Waals surface area contributed by atoms with Crippen molar-refractivity contribution in [2.24, 2.45) is 0 Å². The highest BCUT2D eigenvalue weighted by Gasteiger charge is 2.33. The first-order chi connectivity index (χ1) is 11.9. The first-order valence-electron chi connectivity index (χ1n) is 8.02. The second-order valence-electron chi connectivity index (χ2n) is 6.99. The Morgan fingerprint density at radius 3 is 2.04 bits per heavy atom. The number of amides is 2. The summed E-state index contributed by atoms with van der Waals surface area (Å²) in [5.41, 5.74) is -1.46. The third kappa shape index (κ3) is 5.49. The van der Waals surface area contributed by atoms with Gasteiger partial charge in [0.25, 0.3) is 5.91 Å². The fourth-order valence-electron chi connectivity index (χ4n) is 2.48. The Bertz CT molecular complexity index is 693. The second-order valence-corrected chi connectivity index (χ2v) is 8.23. The van der Waals surface area contributed by atoms with Crippen LogP contribution in [-0.4, -0.2) is 53.6 Å². The molecule has 0 bridgehead atoms. The summed E-state index contributed by atoms with van der Waals surface area (Å²) in [4.78, 5) is 27.5.